The number of nitrogens with zero attached hydrogens (tertiary/aromatic N) is 2. The Morgan fingerprint density at radius 1 is 1.75 bits per heavy atom. The molecule has 0 aromatic heterocycles. The lowest BCUT2D eigenvalue weighted by molar-refractivity contribution is 0.0852. The first-order chi connectivity index (χ1) is 5.69. The highest BCUT2D eigenvalue weighted by atomic mass is 16.5. The van der Waals surface area contributed by atoms with Crippen LogP contribution in [0.1, 0.15) is 0 Å². The van der Waals surface area contributed by atoms with Gasteiger partial charge in [-0.2, -0.15) is 0 Å². The van der Waals surface area contributed by atoms with Gasteiger partial charge in [-0.15, -0.1) is 0 Å². The van der Waals surface area contributed by atoms with E-state index in [0.717, 1.165) is 0 Å². The summed E-state index contributed by atoms with van der Waals surface area (Å²) in [5.41, 5.74) is 0. The van der Waals surface area contributed by atoms with Crippen LogP contribution < -0.4 is 0 Å². The van der Waals surface area contributed by atoms with Crippen molar-refractivity contribution in [2.45, 2.75) is 0 Å². The normalized spacial score (nSPS) is 16.6. The van der Waals surface area contributed by atoms with Gasteiger partial charge in [-0.3, -0.25) is 5.41 Å². The van der Waals surface area contributed by atoms with Crippen LogP contribution in [-0.2, 0) is 4.74 Å². The number of hydrogen-bond donors (Lipinski definition) is 1. The predicted octanol–water partition coefficient (Wildman–Crippen LogP) is 0.362. The quantitative estimate of drug-likeness (QED) is 0.455. The largest absolute Gasteiger partial charge is 0.453 e. The van der Waals surface area contributed by atoms with Crippen molar-refractivity contribution in [2.75, 3.05) is 20.2 Å². The number of likely N-dealkylation sites (tertiary alicyclic amines) is 1. The molecular weight excluding hydrogens is 158 g/mol. The molecule has 1 fully saturated rings. The molecule has 1 aliphatic heterocycles. The van der Waals surface area contributed by atoms with E-state index in [1.807, 2.05) is 0 Å². The topological polar surface area (TPSA) is 65.8 Å². The molecule has 5 heteroatoms. The molecule has 0 unspecified atom stereocenters. The van der Waals surface area contributed by atoms with Gasteiger partial charge in [0.2, 0.25) is 0 Å². The molecule has 66 valence electrons. The summed E-state index contributed by atoms with van der Waals surface area (Å²) in [6.07, 6.45) is -0.344. The number of methoxy groups -OCH3 is 1. The number of carbonyl (C=O) groups excluding carboxylic acids is 1. The lowest BCUT2D eigenvalue weighted by atomic mass is 10.00. The van der Waals surface area contributed by atoms with Crippen LogP contribution in [0.5, 0.6) is 0 Å². The highest BCUT2D eigenvalue weighted by Gasteiger charge is 2.33. The smallest absolute Gasteiger partial charge is 0.409 e. The van der Waals surface area contributed by atoms with E-state index in [4.69, 9.17) is 5.41 Å². The average molecular weight is 169 g/mol. The average Bonchev–Trinajstić information content (AvgIpc) is 2.01. The molecule has 1 saturated heterocycles. The first-order valence-electron chi connectivity index (χ1n) is 3.57. The molecule has 0 aromatic carbocycles. The second-order valence-electron chi connectivity index (χ2n) is 2.62. The first kappa shape index (κ1) is 8.70. The van der Waals surface area contributed by atoms with Crippen LogP contribution in [0.2, 0.25) is 0 Å². The third-order valence-electron chi connectivity index (χ3n) is 1.87. The number of carbonyl (C=O) groups is 1. The van der Waals surface area contributed by atoms with Gasteiger partial charge in [-0.25, -0.2) is 9.79 Å². The van der Waals surface area contributed by atoms with E-state index in [2.05, 4.69) is 16.4 Å². The first-order valence-corrected chi connectivity index (χ1v) is 3.57. The fourth-order valence-corrected chi connectivity index (χ4v) is 1.06. The Morgan fingerprint density at radius 2 is 2.33 bits per heavy atom. The van der Waals surface area contributed by atoms with Gasteiger partial charge in [0.05, 0.1) is 13.0 Å². The zero-order valence-electron chi connectivity index (χ0n) is 6.91. The van der Waals surface area contributed by atoms with Crippen molar-refractivity contribution in [3.05, 3.63) is 0 Å². The van der Waals surface area contributed by atoms with Gasteiger partial charge >= 0.3 is 6.09 Å². The number of hydrogen-bond acceptors (Lipinski definition) is 3. The zero-order valence-corrected chi connectivity index (χ0v) is 6.91. The molecule has 0 spiro atoms. The molecule has 0 bridgehead atoms. The number of nitrogens with one attached hydrogen (secondary N) is 1. The van der Waals surface area contributed by atoms with Gasteiger partial charge in [-0.05, 0) is 6.72 Å². The Morgan fingerprint density at radius 3 is 2.75 bits per heavy atom. The summed E-state index contributed by atoms with van der Waals surface area (Å²) >= 11 is 0. The van der Waals surface area contributed by atoms with Crippen molar-refractivity contribution in [3.63, 3.8) is 0 Å². The molecule has 1 amide bonds. The maximum absolute atomic E-state index is 10.8. The lowest BCUT2D eigenvalue weighted by Gasteiger charge is -2.36. The van der Waals surface area contributed by atoms with Crippen LogP contribution in [0.3, 0.4) is 0 Å². The van der Waals surface area contributed by atoms with E-state index in [9.17, 15) is 4.79 Å². The van der Waals surface area contributed by atoms with Crippen LogP contribution >= 0.6 is 0 Å². The third kappa shape index (κ3) is 1.44. The number of ether oxygens (including phenoxy) is 1. The summed E-state index contributed by atoms with van der Waals surface area (Å²) in [5, 5.41) is 7.27. The fraction of sp³-hybridized carbons (Fsp3) is 0.571. The van der Waals surface area contributed by atoms with Crippen LogP contribution in [0.4, 0.5) is 4.79 Å². The standard InChI is InChI=1S/C7H11N3O2/c1-9-6(8)5-3-10(4-5)7(11)12-2/h5,8H,1,3-4H2,2H3. The molecular formula is C7H11N3O2. The minimum Gasteiger partial charge on any atom is -0.453 e. The Labute approximate surface area is 70.5 Å². The Kier molecular flexibility index (Phi) is 2.42. The molecule has 5 nitrogen and oxygen atoms in total. The van der Waals surface area contributed by atoms with Crippen LogP contribution in [0, 0.1) is 11.3 Å². The maximum Gasteiger partial charge on any atom is 0.409 e. The SMILES string of the molecule is C=NC(=N)C1CN(C(=O)OC)C1. The monoisotopic (exact) mass is 169 g/mol. The van der Waals surface area contributed by atoms with Crippen molar-refractivity contribution in [3.8, 4) is 0 Å². The number of rotatable bonds is 1. The predicted molar refractivity (Wildman–Crippen MR) is 44.7 cm³/mol. The fourth-order valence-electron chi connectivity index (χ4n) is 1.06. The second kappa shape index (κ2) is 3.34. The third-order valence-corrected chi connectivity index (χ3v) is 1.87. The van der Waals surface area contributed by atoms with Crippen molar-refractivity contribution >= 4 is 18.6 Å². The molecule has 1 rings (SSSR count). The zero-order chi connectivity index (χ0) is 9.14. The van der Waals surface area contributed by atoms with Gasteiger partial charge in [0.25, 0.3) is 0 Å². The minimum atomic E-state index is -0.344. The molecule has 0 saturated carbocycles. The molecule has 0 aromatic rings. The summed E-state index contributed by atoms with van der Waals surface area (Å²) in [6, 6.07) is 0. The summed E-state index contributed by atoms with van der Waals surface area (Å²) in [4.78, 5) is 15.8. The summed E-state index contributed by atoms with van der Waals surface area (Å²) in [6.45, 7) is 4.28. The molecule has 1 heterocycles. The van der Waals surface area contributed by atoms with E-state index in [1.54, 1.807) is 0 Å². The maximum atomic E-state index is 10.8. The molecule has 1 N–H and O–H groups in total. The minimum absolute atomic E-state index is 0.0431. The van der Waals surface area contributed by atoms with E-state index >= 15 is 0 Å². The number of amidine groups is 1. The van der Waals surface area contributed by atoms with Crippen molar-refractivity contribution < 1.29 is 9.53 Å². The molecule has 0 aliphatic carbocycles. The van der Waals surface area contributed by atoms with Crippen molar-refractivity contribution in [2.24, 2.45) is 10.9 Å². The Hall–Kier alpha value is -1.39. The molecule has 0 atom stereocenters. The van der Waals surface area contributed by atoms with Gasteiger partial charge in [-0.1, -0.05) is 0 Å². The Balaban J connectivity index is 2.33. The van der Waals surface area contributed by atoms with E-state index in [-0.39, 0.29) is 17.8 Å². The number of amides is 1. The summed E-state index contributed by atoms with van der Waals surface area (Å²) in [7, 11) is 1.34. The van der Waals surface area contributed by atoms with Crippen molar-refractivity contribution in [1.82, 2.24) is 4.90 Å². The van der Waals surface area contributed by atoms with Gasteiger partial charge in [0.1, 0.15) is 5.84 Å². The van der Waals surface area contributed by atoms with Gasteiger partial charge in [0.15, 0.2) is 0 Å². The molecule has 0 radical (unpaired) electrons. The van der Waals surface area contributed by atoms with E-state index in [1.165, 1.54) is 12.0 Å². The number of aliphatic imine (C=N–C) groups is 1. The van der Waals surface area contributed by atoms with Crippen LogP contribution in [-0.4, -0.2) is 43.7 Å². The van der Waals surface area contributed by atoms with Crippen LogP contribution in [0.25, 0.3) is 0 Å². The van der Waals surface area contributed by atoms with Crippen molar-refractivity contribution in [1.29, 1.82) is 5.41 Å². The summed E-state index contributed by atoms with van der Waals surface area (Å²) in [5.74, 6) is 0.289. The van der Waals surface area contributed by atoms with Gasteiger partial charge in [0, 0.05) is 13.1 Å². The highest BCUT2D eigenvalue weighted by molar-refractivity contribution is 5.88. The highest BCUT2D eigenvalue weighted by Crippen LogP contribution is 2.17. The Bertz CT molecular complexity index is 221. The summed E-state index contributed by atoms with van der Waals surface area (Å²) < 4.78 is 4.49. The molecule has 1 aliphatic rings. The van der Waals surface area contributed by atoms with E-state index in [0.29, 0.717) is 13.1 Å². The molecule has 12 heavy (non-hydrogen) atoms. The van der Waals surface area contributed by atoms with Crippen LogP contribution in [0.15, 0.2) is 4.99 Å². The van der Waals surface area contributed by atoms with Gasteiger partial charge < -0.3 is 9.64 Å². The lowest BCUT2D eigenvalue weighted by Crippen LogP contribution is -2.52. The van der Waals surface area contributed by atoms with E-state index < -0.39 is 0 Å². The second-order valence-corrected chi connectivity index (χ2v) is 2.62.